The van der Waals surface area contributed by atoms with E-state index in [0.717, 1.165) is 22.0 Å². The summed E-state index contributed by atoms with van der Waals surface area (Å²) in [4.78, 5) is 38.2. The van der Waals surface area contributed by atoms with Crippen LogP contribution in [0.5, 0.6) is 0 Å². The van der Waals surface area contributed by atoms with Crippen molar-refractivity contribution in [3.05, 3.63) is 89.9 Å². The molecule has 1 aromatic heterocycles. The van der Waals surface area contributed by atoms with Crippen molar-refractivity contribution >= 4 is 29.6 Å². The Morgan fingerprint density at radius 3 is 2.33 bits per heavy atom. The fraction of sp³-hybridized carbons (Fsp3) is 0.0870. The molecule has 0 bridgehead atoms. The van der Waals surface area contributed by atoms with Gasteiger partial charge in [0.25, 0.3) is 5.91 Å². The van der Waals surface area contributed by atoms with E-state index in [1.54, 1.807) is 30.3 Å². The number of urea groups is 1. The molecule has 1 aliphatic rings. The molecule has 150 valence electrons. The Morgan fingerprint density at radius 2 is 1.63 bits per heavy atom. The van der Waals surface area contributed by atoms with Gasteiger partial charge < -0.3 is 15.2 Å². The van der Waals surface area contributed by atoms with E-state index < -0.39 is 17.8 Å². The fourth-order valence-electron chi connectivity index (χ4n) is 3.33. The van der Waals surface area contributed by atoms with Gasteiger partial charge in [0.1, 0.15) is 12.2 Å². The number of carbonyl (C=O) groups excluding carboxylic acids is 3. The smallest absolute Gasteiger partial charge is 0.325 e. The third kappa shape index (κ3) is 3.86. The normalized spacial score (nSPS) is 14.8. The van der Waals surface area contributed by atoms with E-state index in [-0.39, 0.29) is 12.2 Å². The lowest BCUT2D eigenvalue weighted by Crippen LogP contribution is -2.38. The second-order valence-electron chi connectivity index (χ2n) is 6.86. The first-order chi connectivity index (χ1) is 14.5. The number of hydrogen-bond donors (Lipinski definition) is 2. The monoisotopic (exact) mass is 400 g/mol. The maximum Gasteiger partial charge on any atom is 0.329 e. The van der Waals surface area contributed by atoms with Crippen LogP contribution in [0.3, 0.4) is 0 Å². The highest BCUT2D eigenvalue weighted by molar-refractivity contribution is 6.15. The van der Waals surface area contributed by atoms with Gasteiger partial charge in [-0.05, 0) is 49.4 Å². The molecule has 0 spiro atoms. The molecule has 2 heterocycles. The van der Waals surface area contributed by atoms with Gasteiger partial charge in [-0.25, -0.2) is 9.69 Å². The molecule has 0 radical (unpaired) electrons. The quantitative estimate of drug-likeness (QED) is 0.509. The van der Waals surface area contributed by atoms with E-state index in [4.69, 9.17) is 0 Å². The Labute approximate surface area is 173 Å². The van der Waals surface area contributed by atoms with Crippen LogP contribution in [0.4, 0.5) is 10.5 Å². The van der Waals surface area contributed by atoms with Crippen LogP contribution in [0.25, 0.3) is 11.8 Å². The zero-order valence-electron chi connectivity index (χ0n) is 16.3. The number of rotatable bonds is 5. The van der Waals surface area contributed by atoms with E-state index in [2.05, 4.69) is 10.6 Å². The summed E-state index contributed by atoms with van der Waals surface area (Å²) in [7, 11) is 0. The second kappa shape index (κ2) is 8.08. The molecule has 0 saturated carbocycles. The molecule has 3 aromatic rings. The van der Waals surface area contributed by atoms with Gasteiger partial charge in [-0.1, -0.05) is 36.4 Å². The van der Waals surface area contributed by atoms with Crippen LogP contribution in [0.15, 0.2) is 78.5 Å². The number of anilines is 1. The van der Waals surface area contributed by atoms with Gasteiger partial charge in [0.05, 0.1) is 0 Å². The summed E-state index contributed by atoms with van der Waals surface area (Å²) in [6.07, 6.45) is 1.62. The molecular weight excluding hydrogens is 380 g/mol. The van der Waals surface area contributed by atoms with Gasteiger partial charge in [-0.15, -0.1) is 0 Å². The van der Waals surface area contributed by atoms with Crippen LogP contribution in [0, 0.1) is 6.92 Å². The molecule has 2 aromatic carbocycles. The molecule has 30 heavy (non-hydrogen) atoms. The van der Waals surface area contributed by atoms with Gasteiger partial charge in [-0.2, -0.15) is 0 Å². The van der Waals surface area contributed by atoms with E-state index in [0.29, 0.717) is 5.69 Å². The Kier molecular flexibility index (Phi) is 5.17. The zero-order valence-corrected chi connectivity index (χ0v) is 16.3. The number of para-hydroxylation sites is 2. The van der Waals surface area contributed by atoms with E-state index in [9.17, 15) is 14.4 Å². The van der Waals surface area contributed by atoms with Gasteiger partial charge >= 0.3 is 6.03 Å². The van der Waals surface area contributed by atoms with Crippen molar-refractivity contribution in [2.24, 2.45) is 0 Å². The maximum absolute atomic E-state index is 12.7. The van der Waals surface area contributed by atoms with Crippen molar-refractivity contribution in [1.29, 1.82) is 0 Å². The minimum Gasteiger partial charge on any atom is -0.325 e. The number of aromatic nitrogens is 1. The molecule has 2 N–H and O–H groups in total. The molecule has 0 aliphatic carbocycles. The summed E-state index contributed by atoms with van der Waals surface area (Å²) in [5.41, 5.74) is 3.41. The van der Waals surface area contributed by atoms with Crippen molar-refractivity contribution in [2.75, 3.05) is 11.9 Å². The number of nitrogens with one attached hydrogen (secondary N) is 2. The summed E-state index contributed by atoms with van der Waals surface area (Å²) in [5.74, 6) is -0.990. The molecular formula is C23H20N4O3. The lowest BCUT2D eigenvalue weighted by molar-refractivity contribution is -0.127. The van der Waals surface area contributed by atoms with Gasteiger partial charge in [-0.3, -0.25) is 9.59 Å². The number of hydrogen-bond acceptors (Lipinski definition) is 3. The molecule has 0 unspecified atom stereocenters. The van der Waals surface area contributed by atoms with Gasteiger partial charge in [0.2, 0.25) is 5.91 Å². The molecule has 1 aliphatic heterocycles. The Bertz CT molecular complexity index is 1130. The molecule has 4 amide bonds. The number of amides is 4. The average Bonchev–Trinajstić information content (AvgIpc) is 3.23. The lowest BCUT2D eigenvalue weighted by atomic mass is 10.2. The Hall–Kier alpha value is -4.13. The third-order valence-electron chi connectivity index (χ3n) is 4.73. The standard InChI is InChI=1S/C23H20N4O3/c1-16-12-13-19(27(16)18-10-6-3-7-11-18)14-20-22(29)26(23(30)25-20)15-21(28)24-17-8-4-2-5-9-17/h2-14H,15H2,1H3,(H,24,28)(H,25,30)/b20-14-. The van der Waals surface area contributed by atoms with Crippen molar-refractivity contribution in [1.82, 2.24) is 14.8 Å². The molecule has 0 atom stereocenters. The highest BCUT2D eigenvalue weighted by atomic mass is 16.2. The number of carbonyl (C=O) groups is 3. The summed E-state index contributed by atoms with van der Waals surface area (Å²) >= 11 is 0. The molecule has 7 nitrogen and oxygen atoms in total. The molecule has 1 fully saturated rings. The summed E-state index contributed by atoms with van der Waals surface area (Å²) in [6.45, 7) is 1.60. The first-order valence-electron chi connectivity index (χ1n) is 9.46. The van der Waals surface area contributed by atoms with Crippen molar-refractivity contribution < 1.29 is 14.4 Å². The Morgan fingerprint density at radius 1 is 0.967 bits per heavy atom. The third-order valence-corrected chi connectivity index (χ3v) is 4.73. The zero-order chi connectivity index (χ0) is 21.1. The molecule has 7 heteroatoms. The summed E-state index contributed by atoms with van der Waals surface area (Å²) in [5, 5.41) is 5.24. The van der Waals surface area contributed by atoms with Crippen LogP contribution in [-0.2, 0) is 9.59 Å². The number of nitrogens with zero attached hydrogens (tertiary/aromatic N) is 2. The fourth-order valence-corrected chi connectivity index (χ4v) is 3.33. The minimum atomic E-state index is -0.621. The van der Waals surface area contributed by atoms with E-state index in [1.807, 2.05) is 60.0 Å². The van der Waals surface area contributed by atoms with Crippen molar-refractivity contribution in [2.45, 2.75) is 6.92 Å². The summed E-state index contributed by atoms with van der Waals surface area (Å²) < 4.78 is 1.98. The van der Waals surface area contributed by atoms with Crippen molar-refractivity contribution in [3.8, 4) is 5.69 Å². The van der Waals surface area contributed by atoms with Gasteiger partial charge in [0, 0.05) is 22.8 Å². The predicted octanol–water partition coefficient (Wildman–Crippen LogP) is 3.32. The predicted molar refractivity (Wildman–Crippen MR) is 114 cm³/mol. The SMILES string of the molecule is Cc1ccc(/C=C2\NC(=O)N(CC(=O)Nc3ccccc3)C2=O)n1-c1ccccc1. The second-order valence-corrected chi connectivity index (χ2v) is 6.86. The van der Waals surface area contributed by atoms with Crippen LogP contribution < -0.4 is 10.6 Å². The highest BCUT2D eigenvalue weighted by Gasteiger charge is 2.35. The molecule has 4 rings (SSSR count). The lowest BCUT2D eigenvalue weighted by Gasteiger charge is -2.12. The van der Waals surface area contributed by atoms with E-state index >= 15 is 0 Å². The number of benzene rings is 2. The first kappa shape index (κ1) is 19.2. The van der Waals surface area contributed by atoms with Crippen LogP contribution in [0.1, 0.15) is 11.4 Å². The first-order valence-corrected chi connectivity index (χ1v) is 9.46. The summed E-state index contributed by atoms with van der Waals surface area (Å²) in [6, 6.07) is 21.8. The molecule has 1 saturated heterocycles. The van der Waals surface area contributed by atoms with Crippen LogP contribution in [-0.4, -0.2) is 33.9 Å². The number of aryl methyl sites for hydroxylation is 1. The largest absolute Gasteiger partial charge is 0.329 e. The average molecular weight is 400 g/mol. The van der Waals surface area contributed by atoms with Gasteiger partial charge in [0.15, 0.2) is 0 Å². The van der Waals surface area contributed by atoms with E-state index in [1.165, 1.54) is 0 Å². The number of imide groups is 1. The Balaban J connectivity index is 1.53. The topological polar surface area (TPSA) is 83.4 Å². The minimum absolute atomic E-state index is 0.128. The van der Waals surface area contributed by atoms with Crippen molar-refractivity contribution in [3.63, 3.8) is 0 Å². The highest BCUT2D eigenvalue weighted by Crippen LogP contribution is 2.21. The maximum atomic E-state index is 12.7. The van der Waals surface area contributed by atoms with Crippen LogP contribution in [0.2, 0.25) is 0 Å². The van der Waals surface area contributed by atoms with Crippen LogP contribution >= 0.6 is 0 Å².